The molecular weight excluding hydrogens is 281 g/mol. The normalized spacial score (nSPS) is 26.3. The smallest absolute Gasteiger partial charge is 0.255 e. The Morgan fingerprint density at radius 2 is 1.74 bits per heavy atom. The highest BCUT2D eigenvalue weighted by molar-refractivity contribution is 6.36. The highest BCUT2D eigenvalue weighted by atomic mass is 35.5. The number of hydrogen-bond acceptors (Lipinski definition) is 1. The average Bonchev–Trinajstić information content (AvgIpc) is 2.81. The second kappa shape index (κ2) is 5.34. The summed E-state index contributed by atoms with van der Waals surface area (Å²) in [6.07, 6.45) is 5.15. The van der Waals surface area contributed by atoms with Crippen molar-refractivity contribution in [2.45, 2.75) is 25.7 Å². The summed E-state index contributed by atoms with van der Waals surface area (Å²) in [6.45, 7) is 1.78. The van der Waals surface area contributed by atoms with Gasteiger partial charge in [-0.3, -0.25) is 4.79 Å². The van der Waals surface area contributed by atoms with E-state index in [0.717, 1.165) is 13.1 Å². The third-order valence-electron chi connectivity index (χ3n) is 4.43. The Morgan fingerprint density at radius 3 is 2.32 bits per heavy atom. The quantitative estimate of drug-likeness (QED) is 0.758. The number of fused-ring (bicyclic) bond motifs is 1. The lowest BCUT2D eigenvalue weighted by Crippen LogP contribution is -2.29. The van der Waals surface area contributed by atoms with Gasteiger partial charge in [-0.05, 0) is 42.9 Å². The topological polar surface area (TPSA) is 20.3 Å². The van der Waals surface area contributed by atoms with Crippen molar-refractivity contribution in [1.82, 2.24) is 4.90 Å². The molecule has 102 valence electrons. The first-order valence-corrected chi connectivity index (χ1v) is 7.65. The molecule has 2 nitrogen and oxygen atoms in total. The van der Waals surface area contributed by atoms with E-state index < -0.39 is 0 Å². The van der Waals surface area contributed by atoms with Crippen LogP contribution in [-0.4, -0.2) is 23.9 Å². The minimum atomic E-state index is 0.0519. The van der Waals surface area contributed by atoms with E-state index in [2.05, 4.69) is 0 Å². The molecule has 0 N–H and O–H groups in total. The summed E-state index contributed by atoms with van der Waals surface area (Å²) >= 11 is 12.0. The lowest BCUT2D eigenvalue weighted by atomic mass is 9.82. The van der Waals surface area contributed by atoms with E-state index in [1.165, 1.54) is 25.7 Å². The molecule has 2 atom stereocenters. The Labute approximate surface area is 123 Å². The van der Waals surface area contributed by atoms with Crippen LogP contribution in [0.25, 0.3) is 0 Å². The summed E-state index contributed by atoms with van der Waals surface area (Å²) in [5, 5.41) is 1.02. The lowest BCUT2D eigenvalue weighted by Gasteiger charge is -2.22. The summed E-state index contributed by atoms with van der Waals surface area (Å²) in [5.74, 6) is 1.45. The molecule has 0 spiro atoms. The second-order valence-corrected chi connectivity index (χ2v) is 6.48. The van der Waals surface area contributed by atoms with Gasteiger partial charge in [-0.1, -0.05) is 36.0 Å². The zero-order valence-electron chi connectivity index (χ0n) is 10.7. The van der Waals surface area contributed by atoms with Crippen molar-refractivity contribution in [3.8, 4) is 0 Å². The number of nitrogens with zero attached hydrogens (tertiary/aromatic N) is 1. The number of halogens is 2. The molecule has 1 aromatic rings. The van der Waals surface area contributed by atoms with Gasteiger partial charge in [0.25, 0.3) is 5.91 Å². The average molecular weight is 298 g/mol. The number of benzene rings is 1. The van der Waals surface area contributed by atoms with E-state index >= 15 is 0 Å². The number of amides is 1. The van der Waals surface area contributed by atoms with Crippen LogP contribution in [0.5, 0.6) is 0 Å². The molecule has 1 saturated heterocycles. The van der Waals surface area contributed by atoms with Crippen LogP contribution in [0, 0.1) is 11.8 Å². The lowest BCUT2D eigenvalue weighted by molar-refractivity contribution is 0.0784. The van der Waals surface area contributed by atoms with Gasteiger partial charge in [0, 0.05) is 18.1 Å². The largest absolute Gasteiger partial charge is 0.338 e. The molecule has 2 aliphatic rings. The summed E-state index contributed by atoms with van der Waals surface area (Å²) in [4.78, 5) is 14.5. The predicted octanol–water partition coefficient (Wildman–Crippen LogP) is 4.26. The molecule has 0 aromatic heterocycles. The van der Waals surface area contributed by atoms with E-state index in [1.54, 1.807) is 18.2 Å². The molecule has 1 aromatic carbocycles. The van der Waals surface area contributed by atoms with Crippen molar-refractivity contribution in [2.75, 3.05) is 13.1 Å². The van der Waals surface area contributed by atoms with Gasteiger partial charge >= 0.3 is 0 Å². The highest BCUT2D eigenvalue weighted by Crippen LogP contribution is 2.37. The molecule has 1 aliphatic carbocycles. The van der Waals surface area contributed by atoms with E-state index in [1.807, 2.05) is 4.90 Å². The molecule has 2 unspecified atom stereocenters. The molecule has 0 bridgehead atoms. The van der Waals surface area contributed by atoms with Crippen LogP contribution in [-0.2, 0) is 0 Å². The van der Waals surface area contributed by atoms with Crippen molar-refractivity contribution in [2.24, 2.45) is 11.8 Å². The Kier molecular flexibility index (Phi) is 3.72. The van der Waals surface area contributed by atoms with Gasteiger partial charge in [0.1, 0.15) is 0 Å². The third-order valence-corrected chi connectivity index (χ3v) is 4.97. The maximum atomic E-state index is 12.5. The molecular formula is C15H17Cl2NO. The van der Waals surface area contributed by atoms with Crippen molar-refractivity contribution >= 4 is 29.1 Å². The first-order valence-electron chi connectivity index (χ1n) is 6.89. The number of carbonyl (C=O) groups is 1. The predicted molar refractivity (Wildman–Crippen MR) is 77.8 cm³/mol. The minimum absolute atomic E-state index is 0.0519. The molecule has 1 amide bonds. The van der Waals surface area contributed by atoms with E-state index in [9.17, 15) is 4.79 Å². The Bertz CT molecular complexity index is 489. The SMILES string of the molecule is O=C(c1ccc(Cl)cc1Cl)N1CC2CCCCC2C1. The first kappa shape index (κ1) is 13.3. The molecule has 2 fully saturated rings. The van der Waals surface area contributed by atoms with Crippen molar-refractivity contribution in [3.63, 3.8) is 0 Å². The summed E-state index contributed by atoms with van der Waals surface area (Å²) in [7, 11) is 0. The standard InChI is InChI=1S/C15H17Cl2NO/c16-12-5-6-13(14(17)7-12)15(19)18-8-10-3-1-2-4-11(10)9-18/h5-7,10-11H,1-4,8-9H2. The molecule has 1 saturated carbocycles. The monoisotopic (exact) mass is 297 g/mol. The zero-order valence-corrected chi connectivity index (χ0v) is 12.3. The second-order valence-electron chi connectivity index (χ2n) is 5.64. The van der Waals surface area contributed by atoms with Crippen LogP contribution in [0.1, 0.15) is 36.0 Å². The van der Waals surface area contributed by atoms with Crippen LogP contribution in [0.15, 0.2) is 18.2 Å². The van der Waals surface area contributed by atoms with Crippen LogP contribution >= 0.6 is 23.2 Å². The molecule has 1 aliphatic heterocycles. The van der Waals surface area contributed by atoms with Crippen LogP contribution in [0.3, 0.4) is 0 Å². The summed E-state index contributed by atoms with van der Waals surface area (Å²) in [5.41, 5.74) is 0.574. The Hall–Kier alpha value is -0.730. The minimum Gasteiger partial charge on any atom is -0.338 e. The number of rotatable bonds is 1. The van der Waals surface area contributed by atoms with Crippen LogP contribution in [0.4, 0.5) is 0 Å². The van der Waals surface area contributed by atoms with Gasteiger partial charge in [0.2, 0.25) is 0 Å². The number of carbonyl (C=O) groups excluding carboxylic acids is 1. The molecule has 4 heteroatoms. The maximum Gasteiger partial charge on any atom is 0.255 e. The van der Waals surface area contributed by atoms with Crippen LogP contribution in [0.2, 0.25) is 10.0 Å². The van der Waals surface area contributed by atoms with Crippen molar-refractivity contribution in [3.05, 3.63) is 33.8 Å². The van der Waals surface area contributed by atoms with Crippen molar-refractivity contribution < 1.29 is 4.79 Å². The fourth-order valence-corrected chi connectivity index (χ4v) is 3.89. The molecule has 0 radical (unpaired) electrons. The number of likely N-dealkylation sites (tertiary alicyclic amines) is 1. The van der Waals surface area contributed by atoms with Gasteiger partial charge in [-0.2, -0.15) is 0 Å². The molecule has 3 rings (SSSR count). The van der Waals surface area contributed by atoms with Gasteiger partial charge < -0.3 is 4.90 Å². The fraction of sp³-hybridized carbons (Fsp3) is 0.533. The first-order chi connectivity index (χ1) is 9.15. The van der Waals surface area contributed by atoms with Crippen LogP contribution < -0.4 is 0 Å². The molecule has 19 heavy (non-hydrogen) atoms. The summed E-state index contributed by atoms with van der Waals surface area (Å²) < 4.78 is 0. The van der Waals surface area contributed by atoms with E-state index in [-0.39, 0.29) is 5.91 Å². The van der Waals surface area contributed by atoms with Gasteiger partial charge in [0.05, 0.1) is 10.6 Å². The highest BCUT2D eigenvalue weighted by Gasteiger charge is 2.36. The van der Waals surface area contributed by atoms with Gasteiger partial charge in [0.15, 0.2) is 0 Å². The zero-order chi connectivity index (χ0) is 13.4. The maximum absolute atomic E-state index is 12.5. The molecule has 1 heterocycles. The third kappa shape index (κ3) is 2.61. The Balaban J connectivity index is 1.77. The van der Waals surface area contributed by atoms with Gasteiger partial charge in [-0.15, -0.1) is 0 Å². The van der Waals surface area contributed by atoms with E-state index in [4.69, 9.17) is 23.2 Å². The fourth-order valence-electron chi connectivity index (χ4n) is 3.40. The van der Waals surface area contributed by atoms with E-state index in [0.29, 0.717) is 27.4 Å². The van der Waals surface area contributed by atoms with Crippen molar-refractivity contribution in [1.29, 1.82) is 0 Å². The Morgan fingerprint density at radius 1 is 1.11 bits per heavy atom. The number of hydrogen-bond donors (Lipinski definition) is 0. The van der Waals surface area contributed by atoms with Gasteiger partial charge in [-0.25, -0.2) is 0 Å². The summed E-state index contributed by atoms with van der Waals surface area (Å²) in [6, 6.07) is 5.10.